The van der Waals surface area contributed by atoms with Crippen LogP contribution in [0.4, 0.5) is 0 Å². The van der Waals surface area contributed by atoms with Gasteiger partial charge in [0.05, 0.1) is 6.04 Å². The summed E-state index contributed by atoms with van der Waals surface area (Å²) in [7, 11) is 0. The molecule has 3 nitrogen and oxygen atoms in total. The Morgan fingerprint density at radius 2 is 2.11 bits per heavy atom. The van der Waals surface area contributed by atoms with E-state index in [0.29, 0.717) is 6.42 Å². The van der Waals surface area contributed by atoms with Crippen LogP contribution in [-0.4, -0.2) is 22.8 Å². The summed E-state index contributed by atoms with van der Waals surface area (Å²) in [6.45, 7) is 0. The topological polar surface area (TPSA) is 46.2 Å². The quantitative estimate of drug-likeness (QED) is 0.885. The van der Waals surface area contributed by atoms with Crippen molar-refractivity contribution in [2.24, 2.45) is 0 Å². The molecule has 1 aromatic rings. The van der Waals surface area contributed by atoms with E-state index in [1.54, 1.807) is 0 Å². The number of hydrogen-bond acceptors (Lipinski definition) is 3. The molecule has 1 aromatic carbocycles. The summed E-state index contributed by atoms with van der Waals surface area (Å²) in [5, 5.41) is 2.91. The van der Waals surface area contributed by atoms with E-state index in [1.807, 2.05) is 18.2 Å². The molecule has 1 amide bonds. The summed E-state index contributed by atoms with van der Waals surface area (Å²) in [4.78, 5) is 23.0. The predicted octanol–water partition coefficient (Wildman–Crippen LogP) is 2.16. The molecule has 0 bridgehead atoms. The molecule has 2 rings (SSSR count). The SMILES string of the molecule is O=C(CCCc1ccccc1)N[C@H]1CCSC1=O. The maximum absolute atomic E-state index is 11.7. The van der Waals surface area contributed by atoms with E-state index in [9.17, 15) is 9.59 Å². The van der Waals surface area contributed by atoms with Gasteiger partial charge < -0.3 is 5.32 Å². The molecule has 96 valence electrons. The fourth-order valence-corrected chi connectivity index (χ4v) is 2.92. The monoisotopic (exact) mass is 263 g/mol. The van der Waals surface area contributed by atoms with Crippen molar-refractivity contribution in [3.63, 3.8) is 0 Å². The molecule has 0 radical (unpaired) electrons. The number of aryl methyl sites for hydroxylation is 1. The Kier molecular flexibility index (Phi) is 4.81. The summed E-state index contributed by atoms with van der Waals surface area (Å²) >= 11 is 1.31. The lowest BCUT2D eigenvalue weighted by molar-refractivity contribution is -0.124. The van der Waals surface area contributed by atoms with Crippen molar-refractivity contribution in [1.29, 1.82) is 0 Å². The molecule has 1 atom stereocenters. The lowest BCUT2D eigenvalue weighted by Gasteiger charge is -2.09. The number of hydrogen-bond donors (Lipinski definition) is 1. The summed E-state index contributed by atoms with van der Waals surface area (Å²) in [6, 6.07) is 9.87. The van der Waals surface area contributed by atoms with Gasteiger partial charge in [0.2, 0.25) is 11.0 Å². The minimum atomic E-state index is -0.251. The van der Waals surface area contributed by atoms with Gasteiger partial charge in [-0.3, -0.25) is 9.59 Å². The highest BCUT2D eigenvalue weighted by Gasteiger charge is 2.26. The molecule has 1 N–H and O–H groups in total. The van der Waals surface area contributed by atoms with Crippen LogP contribution in [0.15, 0.2) is 30.3 Å². The molecule has 1 aliphatic heterocycles. The van der Waals surface area contributed by atoms with Crippen LogP contribution < -0.4 is 5.32 Å². The van der Waals surface area contributed by atoms with E-state index in [-0.39, 0.29) is 17.1 Å². The van der Waals surface area contributed by atoms with Gasteiger partial charge in [-0.1, -0.05) is 42.1 Å². The van der Waals surface area contributed by atoms with Crippen LogP contribution in [0, 0.1) is 0 Å². The van der Waals surface area contributed by atoms with Crippen molar-refractivity contribution in [2.75, 3.05) is 5.75 Å². The van der Waals surface area contributed by atoms with Crippen LogP contribution in [0.1, 0.15) is 24.8 Å². The zero-order chi connectivity index (χ0) is 12.8. The van der Waals surface area contributed by atoms with Crippen LogP contribution >= 0.6 is 11.8 Å². The molecule has 1 aliphatic rings. The maximum Gasteiger partial charge on any atom is 0.220 e. The summed E-state index contributed by atoms with van der Waals surface area (Å²) in [5.41, 5.74) is 1.25. The zero-order valence-corrected chi connectivity index (χ0v) is 11.0. The molecular formula is C14H17NO2S. The molecule has 0 aromatic heterocycles. The highest BCUT2D eigenvalue weighted by Crippen LogP contribution is 2.19. The fraction of sp³-hybridized carbons (Fsp3) is 0.429. The zero-order valence-electron chi connectivity index (χ0n) is 10.2. The molecule has 1 heterocycles. The first-order valence-corrected chi connectivity index (χ1v) is 7.24. The Morgan fingerprint density at radius 1 is 1.33 bits per heavy atom. The maximum atomic E-state index is 11.7. The van der Waals surface area contributed by atoms with Crippen molar-refractivity contribution in [2.45, 2.75) is 31.7 Å². The van der Waals surface area contributed by atoms with Gasteiger partial charge in [0.15, 0.2) is 0 Å². The highest BCUT2D eigenvalue weighted by atomic mass is 32.2. The van der Waals surface area contributed by atoms with E-state index in [0.717, 1.165) is 25.0 Å². The third-order valence-corrected chi connectivity index (χ3v) is 3.99. The first-order chi connectivity index (χ1) is 8.75. The highest BCUT2D eigenvalue weighted by molar-refractivity contribution is 8.14. The van der Waals surface area contributed by atoms with Gasteiger partial charge in [-0.25, -0.2) is 0 Å². The second-order valence-corrected chi connectivity index (χ2v) is 5.51. The molecule has 0 saturated carbocycles. The standard InChI is InChI=1S/C14H17NO2S/c16-13(15-12-9-10-18-14(12)17)8-4-7-11-5-2-1-3-6-11/h1-3,5-6,12H,4,7-10H2,(H,15,16)/t12-/m0/s1. The number of thioether (sulfide) groups is 1. The summed E-state index contributed by atoms with van der Waals surface area (Å²) in [5.74, 6) is 0.820. The van der Waals surface area contributed by atoms with Crippen molar-refractivity contribution in [3.05, 3.63) is 35.9 Å². The smallest absolute Gasteiger partial charge is 0.220 e. The van der Waals surface area contributed by atoms with Crippen LogP contribution in [-0.2, 0) is 16.0 Å². The van der Waals surface area contributed by atoms with Crippen molar-refractivity contribution >= 4 is 22.8 Å². The Labute approximate surface area is 111 Å². The molecule has 0 aliphatic carbocycles. The first-order valence-electron chi connectivity index (χ1n) is 6.25. The van der Waals surface area contributed by atoms with E-state index < -0.39 is 0 Å². The Bertz CT molecular complexity index is 419. The van der Waals surface area contributed by atoms with Gasteiger partial charge >= 0.3 is 0 Å². The normalized spacial score (nSPS) is 18.9. The Balaban J connectivity index is 1.67. The number of carbonyl (C=O) groups excluding carboxylic acids is 2. The average molecular weight is 263 g/mol. The van der Waals surface area contributed by atoms with E-state index in [4.69, 9.17) is 0 Å². The third-order valence-electron chi connectivity index (χ3n) is 2.98. The molecule has 0 unspecified atom stereocenters. The number of amides is 1. The van der Waals surface area contributed by atoms with E-state index in [1.165, 1.54) is 17.3 Å². The van der Waals surface area contributed by atoms with Gasteiger partial charge in [-0.05, 0) is 24.8 Å². The lowest BCUT2D eigenvalue weighted by atomic mass is 10.1. The number of nitrogens with one attached hydrogen (secondary N) is 1. The average Bonchev–Trinajstić information content (AvgIpc) is 2.76. The third kappa shape index (κ3) is 3.88. The van der Waals surface area contributed by atoms with Crippen LogP contribution in [0.25, 0.3) is 0 Å². The van der Waals surface area contributed by atoms with E-state index >= 15 is 0 Å². The minimum Gasteiger partial charge on any atom is -0.345 e. The van der Waals surface area contributed by atoms with Crippen molar-refractivity contribution < 1.29 is 9.59 Å². The van der Waals surface area contributed by atoms with Crippen molar-refractivity contribution in [1.82, 2.24) is 5.32 Å². The molecule has 1 saturated heterocycles. The molecule has 18 heavy (non-hydrogen) atoms. The lowest BCUT2D eigenvalue weighted by Crippen LogP contribution is -2.36. The molecule has 4 heteroatoms. The number of carbonyl (C=O) groups is 2. The number of benzene rings is 1. The second kappa shape index (κ2) is 6.59. The van der Waals surface area contributed by atoms with E-state index in [2.05, 4.69) is 17.4 Å². The molecule has 0 spiro atoms. The van der Waals surface area contributed by atoms with Gasteiger partial charge in [-0.2, -0.15) is 0 Å². The van der Waals surface area contributed by atoms with Crippen LogP contribution in [0.3, 0.4) is 0 Å². The van der Waals surface area contributed by atoms with Crippen LogP contribution in [0.5, 0.6) is 0 Å². The molecule has 1 fully saturated rings. The van der Waals surface area contributed by atoms with Gasteiger partial charge in [0, 0.05) is 12.2 Å². The Morgan fingerprint density at radius 3 is 2.78 bits per heavy atom. The first kappa shape index (κ1) is 13.1. The van der Waals surface area contributed by atoms with Gasteiger partial charge in [0.25, 0.3) is 0 Å². The summed E-state index contributed by atoms with van der Waals surface area (Å²) < 4.78 is 0. The molecular weight excluding hydrogens is 246 g/mol. The summed E-state index contributed by atoms with van der Waals surface area (Å²) in [6.07, 6.45) is 2.99. The minimum absolute atomic E-state index is 0.00761. The van der Waals surface area contributed by atoms with Crippen LogP contribution in [0.2, 0.25) is 0 Å². The predicted molar refractivity (Wildman–Crippen MR) is 73.4 cm³/mol. The van der Waals surface area contributed by atoms with Crippen molar-refractivity contribution in [3.8, 4) is 0 Å². The second-order valence-electron chi connectivity index (χ2n) is 4.42. The van der Waals surface area contributed by atoms with Gasteiger partial charge in [-0.15, -0.1) is 0 Å². The Hall–Kier alpha value is -1.29. The largest absolute Gasteiger partial charge is 0.345 e. The van der Waals surface area contributed by atoms with Gasteiger partial charge in [0.1, 0.15) is 0 Å². The fourth-order valence-electron chi connectivity index (χ4n) is 1.99. The number of rotatable bonds is 5.